The largest absolute Gasteiger partial charge is 0.404 e. The third-order valence-corrected chi connectivity index (χ3v) is 2.29. The summed E-state index contributed by atoms with van der Waals surface area (Å²) in [6.07, 6.45) is 3.55. The van der Waals surface area contributed by atoms with E-state index in [1.807, 2.05) is 24.3 Å². The Balaban J connectivity index is 3.64. The summed E-state index contributed by atoms with van der Waals surface area (Å²) in [5, 5.41) is 2.25. The monoisotopic (exact) mass is 187 g/mol. The van der Waals surface area contributed by atoms with Crippen LogP contribution in [0, 0.1) is 5.92 Å². The van der Waals surface area contributed by atoms with Gasteiger partial charge < -0.3 is 5.73 Å². The van der Waals surface area contributed by atoms with Crippen LogP contribution in [-0.4, -0.2) is 0 Å². The van der Waals surface area contributed by atoms with E-state index in [-0.39, 0.29) is 0 Å². The number of rotatable bonds is 2. The van der Waals surface area contributed by atoms with Gasteiger partial charge in [-0.1, -0.05) is 50.8 Å². The first-order valence-corrected chi connectivity index (χ1v) is 4.84. The average Bonchev–Trinajstić information content (AvgIpc) is 2.19. The summed E-state index contributed by atoms with van der Waals surface area (Å²) in [4.78, 5) is 0. The van der Waals surface area contributed by atoms with Crippen molar-refractivity contribution in [1.29, 1.82) is 0 Å². The predicted octanol–water partition coefficient (Wildman–Crippen LogP) is 1.38. The van der Waals surface area contributed by atoms with Gasteiger partial charge in [-0.3, -0.25) is 0 Å². The highest BCUT2D eigenvalue weighted by molar-refractivity contribution is 5.57. The molecule has 0 amide bonds. The number of allylic oxidation sites excluding steroid dienone is 1. The zero-order chi connectivity index (χ0) is 10.6. The quantitative estimate of drug-likeness (QED) is 0.743. The Hall–Kier alpha value is -1.50. The summed E-state index contributed by atoms with van der Waals surface area (Å²) < 4.78 is 0. The van der Waals surface area contributed by atoms with Crippen LogP contribution in [0.15, 0.2) is 36.9 Å². The minimum absolute atomic E-state index is 0.466. The van der Waals surface area contributed by atoms with Gasteiger partial charge in [0.15, 0.2) is 0 Å². The van der Waals surface area contributed by atoms with Gasteiger partial charge in [-0.25, -0.2) is 0 Å². The summed E-state index contributed by atoms with van der Waals surface area (Å²) >= 11 is 0. The molecule has 0 aliphatic rings. The molecule has 0 bridgehead atoms. The summed E-state index contributed by atoms with van der Waals surface area (Å²) in [5.41, 5.74) is 6.81. The van der Waals surface area contributed by atoms with E-state index < -0.39 is 0 Å². The second-order valence-electron chi connectivity index (χ2n) is 3.57. The molecule has 1 aromatic carbocycles. The Morgan fingerprint density at radius 3 is 2.50 bits per heavy atom. The van der Waals surface area contributed by atoms with Crippen molar-refractivity contribution in [3.05, 3.63) is 47.4 Å². The van der Waals surface area contributed by atoms with E-state index in [2.05, 4.69) is 26.5 Å². The highest BCUT2D eigenvalue weighted by atomic mass is 14.5. The summed E-state index contributed by atoms with van der Waals surface area (Å²) in [6.45, 7) is 8.16. The highest BCUT2D eigenvalue weighted by Crippen LogP contribution is 2.08. The van der Waals surface area contributed by atoms with E-state index in [9.17, 15) is 0 Å². The van der Waals surface area contributed by atoms with Crippen LogP contribution in [0.5, 0.6) is 0 Å². The topological polar surface area (TPSA) is 26.0 Å². The zero-order valence-corrected chi connectivity index (χ0v) is 8.83. The van der Waals surface area contributed by atoms with Crippen molar-refractivity contribution in [1.82, 2.24) is 0 Å². The van der Waals surface area contributed by atoms with Crippen molar-refractivity contribution in [3.63, 3.8) is 0 Å². The van der Waals surface area contributed by atoms with Gasteiger partial charge >= 0.3 is 0 Å². The van der Waals surface area contributed by atoms with Gasteiger partial charge in [0.05, 0.1) is 0 Å². The van der Waals surface area contributed by atoms with E-state index in [0.717, 1.165) is 5.22 Å². The maximum atomic E-state index is 5.57. The molecule has 1 heteroatoms. The summed E-state index contributed by atoms with van der Waals surface area (Å²) in [6, 6.07) is 8.11. The Kier molecular flexibility index (Phi) is 3.52. The fourth-order valence-electron chi connectivity index (χ4n) is 1.56. The van der Waals surface area contributed by atoms with Gasteiger partial charge in [-0.2, -0.15) is 0 Å². The Morgan fingerprint density at radius 2 is 2.00 bits per heavy atom. The maximum absolute atomic E-state index is 5.57. The summed E-state index contributed by atoms with van der Waals surface area (Å²) in [5.74, 6) is 0.466. The SMILES string of the molecule is C=C/C(=c1/cccc/c1=C/N)C(C)C. The van der Waals surface area contributed by atoms with Crippen LogP contribution in [0.2, 0.25) is 0 Å². The molecule has 0 atom stereocenters. The Bertz CT molecular complexity index is 427. The third kappa shape index (κ3) is 2.05. The first-order chi connectivity index (χ1) is 6.70. The lowest BCUT2D eigenvalue weighted by molar-refractivity contribution is 0.855. The number of hydrogen-bond donors (Lipinski definition) is 1. The van der Waals surface area contributed by atoms with Gasteiger partial charge in [0.2, 0.25) is 0 Å². The van der Waals surface area contributed by atoms with Crippen molar-refractivity contribution in [3.8, 4) is 0 Å². The van der Waals surface area contributed by atoms with Gasteiger partial charge in [0, 0.05) is 6.20 Å². The van der Waals surface area contributed by atoms with Gasteiger partial charge in [0.1, 0.15) is 0 Å². The molecular weight excluding hydrogens is 170 g/mol. The van der Waals surface area contributed by atoms with Crippen LogP contribution in [0.1, 0.15) is 13.8 Å². The molecule has 0 aromatic heterocycles. The van der Waals surface area contributed by atoms with Crippen molar-refractivity contribution in [2.45, 2.75) is 13.8 Å². The fraction of sp³-hybridized carbons (Fsp3) is 0.231. The molecule has 0 aliphatic carbocycles. The predicted molar refractivity (Wildman–Crippen MR) is 62.8 cm³/mol. The molecule has 0 heterocycles. The molecule has 1 rings (SSSR count). The molecule has 14 heavy (non-hydrogen) atoms. The summed E-state index contributed by atoms with van der Waals surface area (Å²) in [7, 11) is 0. The van der Waals surface area contributed by atoms with Crippen molar-refractivity contribution >= 4 is 11.8 Å². The molecule has 0 radical (unpaired) electrons. The fourth-order valence-corrected chi connectivity index (χ4v) is 1.56. The standard InChI is InChI=1S/C13H17N/c1-4-12(10(2)3)13-8-6-5-7-11(13)9-14/h4-10H,1,14H2,2-3H3/b11-9-,13-12+. The first-order valence-electron chi connectivity index (χ1n) is 4.84. The van der Waals surface area contributed by atoms with E-state index in [4.69, 9.17) is 5.73 Å². The molecule has 0 fully saturated rings. The molecule has 1 aromatic rings. The lowest BCUT2D eigenvalue weighted by Crippen LogP contribution is -2.28. The Labute approximate surface area is 85.3 Å². The van der Waals surface area contributed by atoms with Crippen LogP contribution in [0.3, 0.4) is 0 Å². The van der Waals surface area contributed by atoms with Crippen molar-refractivity contribution in [2.75, 3.05) is 0 Å². The molecular formula is C13H17N. The molecule has 0 saturated heterocycles. The molecule has 0 spiro atoms. The second kappa shape index (κ2) is 4.66. The van der Waals surface area contributed by atoms with Crippen LogP contribution in [0.4, 0.5) is 0 Å². The minimum Gasteiger partial charge on any atom is -0.404 e. The number of nitrogens with two attached hydrogens (primary N) is 1. The maximum Gasteiger partial charge on any atom is 0.00176 e. The third-order valence-electron chi connectivity index (χ3n) is 2.29. The van der Waals surface area contributed by atoms with Gasteiger partial charge in [-0.05, 0) is 21.9 Å². The normalized spacial score (nSPS) is 14.4. The smallest absolute Gasteiger partial charge is 0.00176 e. The van der Waals surface area contributed by atoms with Gasteiger partial charge in [0.25, 0.3) is 0 Å². The lowest BCUT2D eigenvalue weighted by Gasteiger charge is -2.06. The van der Waals surface area contributed by atoms with E-state index in [0.29, 0.717) is 5.92 Å². The minimum atomic E-state index is 0.466. The van der Waals surface area contributed by atoms with Crippen LogP contribution in [0.25, 0.3) is 11.8 Å². The second-order valence-corrected chi connectivity index (χ2v) is 3.57. The average molecular weight is 187 g/mol. The number of benzene rings is 1. The van der Waals surface area contributed by atoms with Crippen LogP contribution < -0.4 is 16.2 Å². The van der Waals surface area contributed by atoms with Crippen molar-refractivity contribution < 1.29 is 0 Å². The zero-order valence-electron chi connectivity index (χ0n) is 8.83. The Morgan fingerprint density at radius 1 is 1.36 bits per heavy atom. The van der Waals surface area contributed by atoms with Crippen LogP contribution >= 0.6 is 0 Å². The molecule has 0 saturated carbocycles. The molecule has 0 aliphatic heterocycles. The first kappa shape index (κ1) is 10.6. The van der Waals surface area contributed by atoms with Gasteiger partial charge in [-0.15, -0.1) is 0 Å². The molecule has 2 N–H and O–H groups in total. The van der Waals surface area contributed by atoms with E-state index in [1.165, 1.54) is 10.8 Å². The molecule has 74 valence electrons. The highest BCUT2D eigenvalue weighted by Gasteiger charge is 1.99. The van der Waals surface area contributed by atoms with Crippen molar-refractivity contribution in [2.24, 2.45) is 11.7 Å². The number of hydrogen-bond acceptors (Lipinski definition) is 1. The van der Waals surface area contributed by atoms with E-state index >= 15 is 0 Å². The molecule has 0 unspecified atom stereocenters. The lowest BCUT2D eigenvalue weighted by atomic mass is 9.99. The molecule has 1 nitrogen and oxygen atoms in total. The van der Waals surface area contributed by atoms with Crippen LogP contribution in [-0.2, 0) is 0 Å². The van der Waals surface area contributed by atoms with E-state index in [1.54, 1.807) is 6.20 Å².